The van der Waals surface area contributed by atoms with Crippen molar-refractivity contribution in [2.75, 3.05) is 6.61 Å². The first-order valence-corrected chi connectivity index (χ1v) is 8.18. The third-order valence-electron chi connectivity index (χ3n) is 3.64. The molecule has 9 heteroatoms. The van der Waals surface area contributed by atoms with Gasteiger partial charge in [-0.25, -0.2) is 23.3 Å². The third kappa shape index (κ3) is 3.08. The fourth-order valence-corrected chi connectivity index (χ4v) is 2.73. The van der Waals surface area contributed by atoms with Crippen LogP contribution in [0.15, 0.2) is 29.3 Å². The van der Waals surface area contributed by atoms with Crippen molar-refractivity contribution >= 4 is 21.6 Å². The van der Waals surface area contributed by atoms with Gasteiger partial charge in [0.15, 0.2) is 5.65 Å². The molecule has 0 aromatic carbocycles. The van der Waals surface area contributed by atoms with Crippen LogP contribution in [0.25, 0.3) is 17.0 Å². The molecule has 24 heavy (non-hydrogen) atoms. The summed E-state index contributed by atoms with van der Waals surface area (Å²) in [5.41, 5.74) is 2.41. The molecule has 124 valence electrons. The molecule has 1 aliphatic rings. The highest BCUT2D eigenvalue weighted by atomic mass is 79.9. The van der Waals surface area contributed by atoms with Gasteiger partial charge in [0, 0.05) is 12.0 Å². The summed E-state index contributed by atoms with van der Waals surface area (Å²) in [5.74, 6) is 0.640. The van der Waals surface area contributed by atoms with E-state index in [4.69, 9.17) is 4.74 Å². The number of alkyl halides is 2. The summed E-state index contributed by atoms with van der Waals surface area (Å²) in [7, 11) is 0. The molecule has 0 atom stereocenters. The molecule has 0 saturated heterocycles. The molecular formula is C15H12BrF2N5O. The van der Waals surface area contributed by atoms with Crippen LogP contribution in [0.4, 0.5) is 8.78 Å². The maximum atomic E-state index is 12.5. The lowest BCUT2D eigenvalue weighted by molar-refractivity contribution is 0.0811. The van der Waals surface area contributed by atoms with Gasteiger partial charge in [0.05, 0.1) is 18.6 Å². The summed E-state index contributed by atoms with van der Waals surface area (Å²) in [6.45, 7) is -0.651. The van der Waals surface area contributed by atoms with Gasteiger partial charge in [0.25, 0.3) is 6.43 Å². The number of rotatable bonds is 5. The van der Waals surface area contributed by atoms with Crippen LogP contribution >= 0.6 is 15.9 Å². The van der Waals surface area contributed by atoms with Gasteiger partial charge in [-0.1, -0.05) is 0 Å². The lowest BCUT2D eigenvalue weighted by Crippen LogP contribution is -2.10. The molecule has 0 unspecified atom stereocenters. The first-order chi connectivity index (χ1) is 11.6. The summed E-state index contributed by atoms with van der Waals surface area (Å²) in [5, 5.41) is 4.51. The van der Waals surface area contributed by atoms with Crippen LogP contribution in [0.2, 0.25) is 0 Å². The third-order valence-corrected chi connectivity index (χ3v) is 4.02. The van der Waals surface area contributed by atoms with Gasteiger partial charge in [-0.15, -0.1) is 0 Å². The van der Waals surface area contributed by atoms with Crippen LogP contribution < -0.4 is 4.74 Å². The Bertz CT molecular complexity index is 897. The van der Waals surface area contributed by atoms with E-state index in [1.165, 1.54) is 0 Å². The minimum atomic E-state index is -2.53. The van der Waals surface area contributed by atoms with Crippen LogP contribution in [0.1, 0.15) is 24.5 Å². The van der Waals surface area contributed by atoms with E-state index in [1.807, 2.05) is 0 Å². The molecule has 0 spiro atoms. The van der Waals surface area contributed by atoms with Gasteiger partial charge in [-0.2, -0.15) is 5.10 Å². The van der Waals surface area contributed by atoms with Gasteiger partial charge in [-0.3, -0.25) is 4.98 Å². The lowest BCUT2D eigenvalue weighted by Gasteiger charge is -2.10. The van der Waals surface area contributed by atoms with E-state index in [2.05, 4.69) is 36.0 Å². The topological polar surface area (TPSA) is 65.2 Å². The van der Waals surface area contributed by atoms with Crippen LogP contribution in [0, 0.1) is 0 Å². The Labute approximate surface area is 144 Å². The molecular weight excluding hydrogens is 384 g/mol. The minimum Gasteiger partial charge on any atom is -0.485 e. The van der Waals surface area contributed by atoms with Crippen LogP contribution in [0.5, 0.6) is 5.75 Å². The molecule has 0 amide bonds. The predicted molar refractivity (Wildman–Crippen MR) is 85.2 cm³/mol. The highest BCUT2D eigenvalue weighted by Gasteiger charge is 2.30. The van der Waals surface area contributed by atoms with Gasteiger partial charge >= 0.3 is 0 Å². The molecule has 1 aliphatic carbocycles. The van der Waals surface area contributed by atoms with E-state index in [-0.39, 0.29) is 5.92 Å². The number of fused-ring (bicyclic) bond motifs is 1. The number of ether oxygens (including phenoxy) is 1. The highest BCUT2D eigenvalue weighted by Crippen LogP contribution is 2.43. The molecule has 3 heterocycles. The molecule has 0 aliphatic heterocycles. The summed E-state index contributed by atoms with van der Waals surface area (Å²) >= 11 is 3.27. The number of hydrogen-bond donors (Lipinski definition) is 0. The largest absolute Gasteiger partial charge is 0.485 e. The number of hydrogen-bond acceptors (Lipinski definition) is 5. The predicted octanol–water partition coefficient (Wildman–Crippen LogP) is 3.47. The maximum absolute atomic E-state index is 12.5. The van der Waals surface area contributed by atoms with Gasteiger partial charge in [0.2, 0.25) is 0 Å². The van der Waals surface area contributed by atoms with E-state index < -0.39 is 13.0 Å². The number of imidazole rings is 1. The number of halogens is 3. The van der Waals surface area contributed by atoms with Crippen molar-refractivity contribution in [3.05, 3.63) is 35.0 Å². The fraction of sp³-hybridized carbons (Fsp3) is 0.333. The Kier molecular flexibility index (Phi) is 3.87. The standard InChI is InChI=1S/C15H12BrF2N5O/c16-12-5-19-4-9(20-12)10-6-23-14(21-10)3-11(24-7-13(17)18)15(22-23)8-1-2-8/h3-6,8,13H,1-2,7H2. The van der Waals surface area contributed by atoms with Gasteiger partial charge in [0.1, 0.15) is 34.0 Å². The summed E-state index contributed by atoms with van der Waals surface area (Å²) < 4.78 is 32.4. The van der Waals surface area contributed by atoms with E-state index in [0.29, 0.717) is 33.1 Å². The van der Waals surface area contributed by atoms with Crippen LogP contribution in [0.3, 0.4) is 0 Å². The molecule has 0 N–H and O–H groups in total. The van der Waals surface area contributed by atoms with Crippen molar-refractivity contribution in [1.29, 1.82) is 0 Å². The van der Waals surface area contributed by atoms with Crippen molar-refractivity contribution in [2.45, 2.75) is 25.2 Å². The Hall–Kier alpha value is -2.16. The molecule has 0 radical (unpaired) electrons. The lowest BCUT2D eigenvalue weighted by atomic mass is 10.2. The van der Waals surface area contributed by atoms with Gasteiger partial charge in [-0.05, 0) is 28.8 Å². The molecule has 3 aromatic rings. The highest BCUT2D eigenvalue weighted by molar-refractivity contribution is 9.10. The van der Waals surface area contributed by atoms with Gasteiger partial charge < -0.3 is 4.74 Å². The monoisotopic (exact) mass is 395 g/mol. The average molecular weight is 396 g/mol. The zero-order chi connectivity index (χ0) is 16.7. The normalized spacial score (nSPS) is 14.5. The maximum Gasteiger partial charge on any atom is 0.272 e. The first-order valence-electron chi connectivity index (χ1n) is 7.39. The number of nitrogens with zero attached hydrogens (tertiary/aromatic N) is 5. The first kappa shape index (κ1) is 15.4. The molecule has 3 aromatic heterocycles. The van der Waals surface area contributed by atoms with E-state index in [0.717, 1.165) is 12.8 Å². The smallest absolute Gasteiger partial charge is 0.272 e. The van der Waals surface area contributed by atoms with Crippen LogP contribution in [-0.2, 0) is 0 Å². The van der Waals surface area contributed by atoms with Crippen LogP contribution in [-0.4, -0.2) is 37.6 Å². The van der Waals surface area contributed by atoms with E-state index in [9.17, 15) is 8.78 Å². The zero-order valence-corrected chi connectivity index (χ0v) is 13.9. The fourth-order valence-electron chi connectivity index (χ4n) is 2.42. The molecule has 6 nitrogen and oxygen atoms in total. The minimum absolute atomic E-state index is 0.263. The number of aromatic nitrogens is 5. The van der Waals surface area contributed by atoms with Crippen molar-refractivity contribution in [3.8, 4) is 17.1 Å². The molecule has 1 saturated carbocycles. The molecule has 0 bridgehead atoms. The van der Waals surface area contributed by atoms with Crippen molar-refractivity contribution < 1.29 is 13.5 Å². The average Bonchev–Trinajstić information content (AvgIpc) is 3.31. The Morgan fingerprint density at radius 3 is 2.79 bits per heavy atom. The Balaban J connectivity index is 1.75. The van der Waals surface area contributed by atoms with Crippen molar-refractivity contribution in [3.63, 3.8) is 0 Å². The Morgan fingerprint density at radius 1 is 1.25 bits per heavy atom. The summed E-state index contributed by atoms with van der Waals surface area (Å²) in [4.78, 5) is 12.8. The van der Waals surface area contributed by atoms with Crippen molar-refractivity contribution in [1.82, 2.24) is 24.6 Å². The summed E-state index contributed by atoms with van der Waals surface area (Å²) in [6.07, 6.45) is 4.38. The second kappa shape index (κ2) is 6.04. The second-order valence-corrected chi connectivity index (χ2v) is 6.34. The van der Waals surface area contributed by atoms with E-state index in [1.54, 1.807) is 29.2 Å². The van der Waals surface area contributed by atoms with E-state index >= 15 is 0 Å². The van der Waals surface area contributed by atoms with Crippen molar-refractivity contribution in [2.24, 2.45) is 0 Å². The quantitative estimate of drug-likeness (QED) is 0.661. The summed E-state index contributed by atoms with van der Waals surface area (Å²) in [6, 6.07) is 1.65. The SMILES string of the molecule is FC(F)COc1cc2nc(-c3cncc(Br)n3)cn2nc1C1CC1. The molecule has 1 fully saturated rings. The molecule has 4 rings (SSSR count). The second-order valence-electron chi connectivity index (χ2n) is 5.53. The Morgan fingerprint density at radius 2 is 2.08 bits per heavy atom. The zero-order valence-electron chi connectivity index (χ0n) is 12.4.